The number of para-hydroxylation sites is 4. The van der Waals surface area contributed by atoms with Crippen molar-refractivity contribution in [1.82, 2.24) is 0 Å². The van der Waals surface area contributed by atoms with E-state index in [0.29, 0.717) is 0 Å². The summed E-state index contributed by atoms with van der Waals surface area (Å²) in [5, 5.41) is 0. The number of benzene rings is 6. The molecular weight excluding hydrogens is 484 g/mol. The van der Waals surface area contributed by atoms with E-state index in [4.69, 9.17) is 0 Å². The predicted octanol–water partition coefficient (Wildman–Crippen LogP) is 10.5. The van der Waals surface area contributed by atoms with Crippen molar-refractivity contribution < 1.29 is 0 Å². The second-order valence-corrected chi connectivity index (χ2v) is 9.50. The van der Waals surface area contributed by atoms with Crippen molar-refractivity contribution in [1.29, 1.82) is 0 Å². The van der Waals surface area contributed by atoms with Gasteiger partial charge in [0, 0.05) is 28.4 Å². The molecule has 2 nitrogen and oxygen atoms in total. The lowest BCUT2D eigenvalue weighted by Gasteiger charge is -2.28. The van der Waals surface area contributed by atoms with E-state index in [1.807, 2.05) is 0 Å². The average molecular weight is 515 g/mol. The van der Waals surface area contributed by atoms with E-state index in [0.717, 1.165) is 45.3 Å². The molecule has 0 heterocycles. The van der Waals surface area contributed by atoms with Crippen LogP contribution in [-0.4, -0.2) is 0 Å². The maximum absolute atomic E-state index is 2.32. The first-order valence-electron chi connectivity index (χ1n) is 13.5. The Morgan fingerprint density at radius 2 is 0.700 bits per heavy atom. The summed E-state index contributed by atoms with van der Waals surface area (Å²) in [7, 11) is 0. The molecule has 0 aliphatic heterocycles. The highest BCUT2D eigenvalue weighted by atomic mass is 15.2. The van der Waals surface area contributed by atoms with Gasteiger partial charge < -0.3 is 9.80 Å². The van der Waals surface area contributed by atoms with E-state index < -0.39 is 0 Å². The number of hydrogen-bond donors (Lipinski definition) is 0. The van der Waals surface area contributed by atoms with Gasteiger partial charge >= 0.3 is 0 Å². The molecule has 0 aromatic heterocycles. The Labute approximate surface area is 236 Å². The van der Waals surface area contributed by atoms with Crippen molar-refractivity contribution in [2.75, 3.05) is 9.80 Å². The summed E-state index contributed by atoms with van der Waals surface area (Å²) in [4.78, 5) is 4.61. The van der Waals surface area contributed by atoms with Crippen LogP contribution in [0.2, 0.25) is 0 Å². The molecule has 0 amide bonds. The van der Waals surface area contributed by atoms with E-state index in [2.05, 4.69) is 192 Å². The van der Waals surface area contributed by atoms with Crippen LogP contribution in [0.4, 0.5) is 28.4 Å². The lowest BCUT2D eigenvalue weighted by Crippen LogP contribution is -2.15. The zero-order valence-electron chi connectivity index (χ0n) is 22.2. The van der Waals surface area contributed by atoms with Crippen molar-refractivity contribution in [2.24, 2.45) is 0 Å². The summed E-state index contributed by atoms with van der Waals surface area (Å²) in [6, 6.07) is 61.5. The highest BCUT2D eigenvalue weighted by Gasteiger charge is 2.17. The van der Waals surface area contributed by atoms with Crippen LogP contribution in [0, 0.1) is 0 Å². The van der Waals surface area contributed by atoms with Crippen LogP contribution in [0.25, 0.3) is 11.8 Å². The largest absolute Gasteiger partial charge is 0.311 e. The Morgan fingerprint density at radius 3 is 1.12 bits per heavy atom. The maximum Gasteiger partial charge on any atom is 0.0539 e. The lowest BCUT2D eigenvalue weighted by atomic mass is 10.0. The van der Waals surface area contributed by atoms with E-state index in [1.165, 1.54) is 0 Å². The third-order valence-electron chi connectivity index (χ3n) is 6.82. The van der Waals surface area contributed by atoms with Crippen LogP contribution in [0.5, 0.6) is 0 Å². The summed E-state index contributed by atoms with van der Waals surface area (Å²) >= 11 is 0. The Kier molecular flexibility index (Phi) is 7.50. The SMILES string of the molecule is C(=C(c1ccccc1)N(c1ccccc1)c1ccccc1)c1ccc(N(c2ccccc2)c2ccccc2)cc1. The van der Waals surface area contributed by atoms with Crippen LogP contribution >= 0.6 is 0 Å². The predicted molar refractivity (Wildman–Crippen MR) is 170 cm³/mol. The molecule has 0 bridgehead atoms. The molecule has 0 fully saturated rings. The molecule has 0 atom stereocenters. The minimum atomic E-state index is 1.11. The second-order valence-electron chi connectivity index (χ2n) is 9.50. The Morgan fingerprint density at radius 1 is 0.350 bits per heavy atom. The first-order chi connectivity index (χ1) is 19.9. The van der Waals surface area contributed by atoms with E-state index in [-0.39, 0.29) is 0 Å². The fourth-order valence-electron chi connectivity index (χ4n) is 4.95. The van der Waals surface area contributed by atoms with E-state index >= 15 is 0 Å². The van der Waals surface area contributed by atoms with Gasteiger partial charge in [-0.15, -0.1) is 0 Å². The summed E-state index contributed by atoms with van der Waals surface area (Å²) in [6.07, 6.45) is 2.27. The van der Waals surface area contributed by atoms with Crippen molar-refractivity contribution in [3.63, 3.8) is 0 Å². The molecule has 0 spiro atoms. The Hall–Kier alpha value is -5.34. The monoisotopic (exact) mass is 514 g/mol. The normalized spacial score (nSPS) is 11.2. The van der Waals surface area contributed by atoms with E-state index in [9.17, 15) is 0 Å². The van der Waals surface area contributed by atoms with Gasteiger partial charge in [0.25, 0.3) is 0 Å². The van der Waals surface area contributed by atoms with Crippen LogP contribution in [0.1, 0.15) is 11.1 Å². The second kappa shape index (κ2) is 12.0. The first kappa shape index (κ1) is 25.0. The Balaban J connectivity index is 1.45. The van der Waals surface area contributed by atoms with Gasteiger partial charge in [0.05, 0.1) is 5.70 Å². The summed E-state index contributed by atoms with van der Waals surface area (Å²) in [6.45, 7) is 0. The molecule has 0 aliphatic carbocycles. The molecule has 0 unspecified atom stereocenters. The highest BCUT2D eigenvalue weighted by Crippen LogP contribution is 2.37. The molecule has 192 valence electrons. The van der Waals surface area contributed by atoms with Gasteiger partial charge in [-0.2, -0.15) is 0 Å². The van der Waals surface area contributed by atoms with Crippen LogP contribution in [0.15, 0.2) is 176 Å². The van der Waals surface area contributed by atoms with Crippen molar-refractivity contribution >= 4 is 40.2 Å². The zero-order valence-corrected chi connectivity index (χ0v) is 22.2. The molecular formula is C38H30N2. The lowest BCUT2D eigenvalue weighted by molar-refractivity contribution is 1.28. The molecule has 0 saturated carbocycles. The van der Waals surface area contributed by atoms with Crippen molar-refractivity contribution in [3.05, 3.63) is 187 Å². The maximum atomic E-state index is 2.32. The highest BCUT2D eigenvalue weighted by molar-refractivity contribution is 5.95. The summed E-state index contributed by atoms with van der Waals surface area (Å²) in [5.41, 5.74) is 8.96. The average Bonchev–Trinajstić information content (AvgIpc) is 3.04. The molecule has 6 rings (SSSR count). The summed E-state index contributed by atoms with van der Waals surface area (Å²) < 4.78 is 0. The minimum absolute atomic E-state index is 1.11. The summed E-state index contributed by atoms with van der Waals surface area (Å²) in [5.74, 6) is 0. The smallest absolute Gasteiger partial charge is 0.0539 e. The molecule has 0 saturated heterocycles. The molecule has 2 heteroatoms. The van der Waals surface area contributed by atoms with Crippen LogP contribution < -0.4 is 9.80 Å². The molecule has 6 aromatic carbocycles. The molecule has 6 aromatic rings. The van der Waals surface area contributed by atoms with Crippen molar-refractivity contribution in [3.8, 4) is 0 Å². The van der Waals surface area contributed by atoms with Crippen LogP contribution in [0.3, 0.4) is 0 Å². The van der Waals surface area contributed by atoms with Gasteiger partial charge in [0.2, 0.25) is 0 Å². The quantitative estimate of drug-likeness (QED) is 0.186. The molecule has 0 aliphatic rings. The zero-order chi connectivity index (χ0) is 27.0. The number of rotatable bonds is 8. The molecule has 0 radical (unpaired) electrons. The van der Waals surface area contributed by atoms with Gasteiger partial charge in [-0.05, 0) is 77.9 Å². The van der Waals surface area contributed by atoms with E-state index in [1.54, 1.807) is 0 Å². The number of anilines is 5. The first-order valence-corrected chi connectivity index (χ1v) is 13.5. The fraction of sp³-hybridized carbons (Fsp3) is 0. The third kappa shape index (κ3) is 5.57. The van der Waals surface area contributed by atoms with Crippen LogP contribution in [-0.2, 0) is 0 Å². The third-order valence-corrected chi connectivity index (χ3v) is 6.82. The van der Waals surface area contributed by atoms with Gasteiger partial charge in [0.15, 0.2) is 0 Å². The fourth-order valence-corrected chi connectivity index (χ4v) is 4.95. The van der Waals surface area contributed by atoms with Gasteiger partial charge in [-0.1, -0.05) is 115 Å². The van der Waals surface area contributed by atoms with Gasteiger partial charge in [-0.25, -0.2) is 0 Å². The standard InChI is InChI=1S/C38H30N2/c1-6-16-32(17-7-1)38(40(35-22-12-4-13-23-35)36-24-14-5-15-25-36)30-31-26-28-37(29-27-31)39(33-18-8-2-9-19-33)34-20-10-3-11-21-34/h1-30H. The number of hydrogen-bond acceptors (Lipinski definition) is 2. The molecule has 40 heavy (non-hydrogen) atoms. The van der Waals surface area contributed by atoms with Gasteiger partial charge in [-0.3, -0.25) is 0 Å². The van der Waals surface area contributed by atoms with Crippen molar-refractivity contribution in [2.45, 2.75) is 0 Å². The Bertz CT molecular complexity index is 1570. The van der Waals surface area contributed by atoms with Gasteiger partial charge in [0.1, 0.15) is 0 Å². The molecule has 0 N–H and O–H groups in total. The minimum Gasteiger partial charge on any atom is -0.311 e. The number of nitrogens with zero attached hydrogens (tertiary/aromatic N) is 2. The topological polar surface area (TPSA) is 6.48 Å².